The Morgan fingerprint density at radius 2 is 1.79 bits per heavy atom. The lowest BCUT2D eigenvalue weighted by molar-refractivity contribution is 0.401. The molecular formula is C10H18Cl2N2. The first-order valence-corrected chi connectivity index (χ1v) is 4.09. The maximum atomic E-state index is 5.68. The van der Waals surface area contributed by atoms with E-state index in [0.29, 0.717) is 0 Å². The molecule has 2 nitrogen and oxygen atoms in total. The number of anilines is 1. The highest BCUT2D eigenvalue weighted by Gasteiger charge is 1.99. The Kier molecular flexibility index (Phi) is 7.93. The molecule has 0 heterocycles. The first kappa shape index (κ1) is 16.0. The van der Waals surface area contributed by atoms with Crippen LogP contribution in [0.5, 0.6) is 0 Å². The lowest BCUT2D eigenvalue weighted by atomic mass is 10.1. The van der Waals surface area contributed by atoms with Crippen molar-refractivity contribution < 1.29 is 0 Å². The number of nitrogen functional groups attached to an aromatic ring is 1. The third-order valence-electron chi connectivity index (χ3n) is 1.86. The van der Waals surface area contributed by atoms with E-state index in [1.54, 1.807) is 0 Å². The van der Waals surface area contributed by atoms with Crippen molar-refractivity contribution in [2.75, 3.05) is 19.8 Å². The molecule has 0 aliphatic carbocycles. The zero-order valence-electron chi connectivity index (χ0n) is 8.78. The van der Waals surface area contributed by atoms with Crippen LogP contribution >= 0.6 is 24.8 Å². The van der Waals surface area contributed by atoms with Crippen molar-refractivity contribution in [1.82, 2.24) is 4.90 Å². The van der Waals surface area contributed by atoms with E-state index >= 15 is 0 Å². The molecule has 0 aliphatic heterocycles. The van der Waals surface area contributed by atoms with Crippen molar-refractivity contribution in [3.8, 4) is 0 Å². The summed E-state index contributed by atoms with van der Waals surface area (Å²) in [5.74, 6) is 0. The second-order valence-corrected chi connectivity index (χ2v) is 3.42. The summed E-state index contributed by atoms with van der Waals surface area (Å²) >= 11 is 0. The molecule has 0 atom stereocenters. The van der Waals surface area contributed by atoms with E-state index in [1.807, 2.05) is 12.1 Å². The van der Waals surface area contributed by atoms with Gasteiger partial charge in [0.05, 0.1) is 0 Å². The fourth-order valence-electron chi connectivity index (χ4n) is 1.20. The molecule has 0 bridgehead atoms. The van der Waals surface area contributed by atoms with Gasteiger partial charge in [-0.25, -0.2) is 0 Å². The zero-order chi connectivity index (χ0) is 9.14. The molecule has 2 N–H and O–H groups in total. The number of rotatable bonds is 2. The van der Waals surface area contributed by atoms with Crippen molar-refractivity contribution >= 4 is 30.5 Å². The van der Waals surface area contributed by atoms with Gasteiger partial charge in [-0.15, -0.1) is 24.8 Å². The maximum Gasteiger partial charge on any atom is 0.0317 e. The normalized spacial score (nSPS) is 9.14. The first-order chi connectivity index (χ1) is 5.59. The topological polar surface area (TPSA) is 29.3 Å². The van der Waals surface area contributed by atoms with Gasteiger partial charge in [0, 0.05) is 12.2 Å². The van der Waals surface area contributed by atoms with Gasteiger partial charge in [-0.2, -0.15) is 0 Å². The Hall–Kier alpha value is -0.440. The molecular weight excluding hydrogens is 219 g/mol. The largest absolute Gasteiger partial charge is 0.399 e. The molecule has 0 amide bonds. The van der Waals surface area contributed by atoms with E-state index in [2.05, 4.69) is 32.0 Å². The molecule has 0 radical (unpaired) electrons. The van der Waals surface area contributed by atoms with Crippen molar-refractivity contribution in [3.05, 3.63) is 29.3 Å². The van der Waals surface area contributed by atoms with Gasteiger partial charge in [0.1, 0.15) is 0 Å². The quantitative estimate of drug-likeness (QED) is 0.800. The second kappa shape index (κ2) is 6.93. The third-order valence-corrected chi connectivity index (χ3v) is 1.86. The van der Waals surface area contributed by atoms with Crippen LogP contribution in [0.3, 0.4) is 0 Å². The minimum atomic E-state index is 0. The Balaban J connectivity index is 0. The van der Waals surface area contributed by atoms with Gasteiger partial charge >= 0.3 is 0 Å². The summed E-state index contributed by atoms with van der Waals surface area (Å²) in [6.07, 6.45) is 0. The summed E-state index contributed by atoms with van der Waals surface area (Å²) in [6.45, 7) is 3.06. The minimum Gasteiger partial charge on any atom is -0.399 e. The minimum absolute atomic E-state index is 0. The second-order valence-electron chi connectivity index (χ2n) is 3.42. The van der Waals surface area contributed by atoms with Gasteiger partial charge in [-0.3, -0.25) is 0 Å². The number of nitrogens with two attached hydrogens (primary N) is 1. The highest BCUT2D eigenvalue weighted by atomic mass is 35.5. The number of hydrogen-bond donors (Lipinski definition) is 1. The van der Waals surface area contributed by atoms with Crippen LogP contribution in [0.2, 0.25) is 0 Å². The molecule has 14 heavy (non-hydrogen) atoms. The van der Waals surface area contributed by atoms with E-state index in [-0.39, 0.29) is 24.8 Å². The standard InChI is InChI=1S/C10H16N2.2ClH/c1-8-4-5-10(11)6-9(8)7-12(2)3;;/h4-6H,7,11H2,1-3H3;2*1H. The Labute approximate surface area is 98.3 Å². The number of aryl methyl sites for hydroxylation is 1. The molecule has 0 fully saturated rings. The van der Waals surface area contributed by atoms with E-state index in [9.17, 15) is 0 Å². The highest BCUT2D eigenvalue weighted by Crippen LogP contribution is 2.13. The number of benzene rings is 1. The summed E-state index contributed by atoms with van der Waals surface area (Å²) in [5.41, 5.74) is 9.14. The van der Waals surface area contributed by atoms with E-state index < -0.39 is 0 Å². The molecule has 0 unspecified atom stereocenters. The van der Waals surface area contributed by atoms with Gasteiger partial charge in [0.25, 0.3) is 0 Å². The van der Waals surface area contributed by atoms with Gasteiger partial charge in [0.2, 0.25) is 0 Å². The fourth-order valence-corrected chi connectivity index (χ4v) is 1.20. The summed E-state index contributed by atoms with van der Waals surface area (Å²) in [7, 11) is 4.12. The Morgan fingerprint density at radius 3 is 2.29 bits per heavy atom. The molecule has 0 aliphatic rings. The molecule has 1 aromatic rings. The van der Waals surface area contributed by atoms with Crippen LogP contribution in [0.1, 0.15) is 11.1 Å². The van der Waals surface area contributed by atoms with Crippen LogP contribution in [0.4, 0.5) is 5.69 Å². The molecule has 0 saturated carbocycles. The van der Waals surface area contributed by atoms with Crippen LogP contribution in [0.15, 0.2) is 18.2 Å². The van der Waals surface area contributed by atoms with Crippen molar-refractivity contribution in [2.45, 2.75) is 13.5 Å². The summed E-state index contributed by atoms with van der Waals surface area (Å²) < 4.78 is 0. The van der Waals surface area contributed by atoms with Crippen LogP contribution in [-0.4, -0.2) is 19.0 Å². The highest BCUT2D eigenvalue weighted by molar-refractivity contribution is 5.85. The van der Waals surface area contributed by atoms with Crippen LogP contribution in [-0.2, 0) is 6.54 Å². The van der Waals surface area contributed by atoms with Gasteiger partial charge in [0.15, 0.2) is 0 Å². The van der Waals surface area contributed by atoms with Crippen LogP contribution < -0.4 is 5.73 Å². The SMILES string of the molecule is Cc1ccc(N)cc1CN(C)C.Cl.Cl. The van der Waals surface area contributed by atoms with Gasteiger partial charge in [-0.1, -0.05) is 6.07 Å². The number of hydrogen-bond acceptors (Lipinski definition) is 2. The Bertz CT molecular complexity index is 275. The van der Waals surface area contributed by atoms with Crippen molar-refractivity contribution in [1.29, 1.82) is 0 Å². The van der Waals surface area contributed by atoms with Crippen LogP contribution in [0, 0.1) is 6.92 Å². The predicted molar refractivity (Wildman–Crippen MR) is 67.5 cm³/mol. The number of halogens is 2. The molecule has 0 aromatic heterocycles. The third kappa shape index (κ3) is 4.70. The molecule has 1 rings (SSSR count). The fraction of sp³-hybridized carbons (Fsp3) is 0.400. The van der Waals surface area contributed by atoms with Crippen molar-refractivity contribution in [3.63, 3.8) is 0 Å². The lowest BCUT2D eigenvalue weighted by Crippen LogP contribution is -2.11. The Morgan fingerprint density at radius 1 is 1.21 bits per heavy atom. The maximum absolute atomic E-state index is 5.68. The van der Waals surface area contributed by atoms with E-state index in [1.165, 1.54) is 11.1 Å². The molecule has 82 valence electrons. The average molecular weight is 237 g/mol. The zero-order valence-corrected chi connectivity index (χ0v) is 10.4. The van der Waals surface area contributed by atoms with E-state index in [4.69, 9.17) is 5.73 Å². The smallest absolute Gasteiger partial charge is 0.0317 e. The molecule has 0 saturated heterocycles. The van der Waals surface area contributed by atoms with Crippen LogP contribution in [0.25, 0.3) is 0 Å². The summed E-state index contributed by atoms with van der Waals surface area (Å²) in [4.78, 5) is 2.14. The first-order valence-electron chi connectivity index (χ1n) is 4.09. The molecule has 1 aromatic carbocycles. The summed E-state index contributed by atoms with van der Waals surface area (Å²) in [5, 5.41) is 0. The molecule has 4 heteroatoms. The van der Waals surface area contributed by atoms with Crippen molar-refractivity contribution in [2.24, 2.45) is 0 Å². The number of nitrogens with zero attached hydrogens (tertiary/aromatic N) is 1. The van der Waals surface area contributed by atoms with E-state index in [0.717, 1.165) is 12.2 Å². The average Bonchev–Trinajstić information content (AvgIpc) is 1.96. The summed E-state index contributed by atoms with van der Waals surface area (Å²) in [6, 6.07) is 6.04. The van der Waals surface area contributed by atoms with Gasteiger partial charge in [-0.05, 0) is 44.3 Å². The van der Waals surface area contributed by atoms with Gasteiger partial charge < -0.3 is 10.6 Å². The monoisotopic (exact) mass is 236 g/mol. The lowest BCUT2D eigenvalue weighted by Gasteiger charge is -2.12. The predicted octanol–water partition coefficient (Wildman–Crippen LogP) is 2.48. The molecule has 0 spiro atoms.